The number of hydrogen-bond donors (Lipinski definition) is 1. The fourth-order valence-corrected chi connectivity index (χ4v) is 2.04. The first-order chi connectivity index (χ1) is 10.6. The summed E-state index contributed by atoms with van der Waals surface area (Å²) in [5.74, 6) is -0.279. The van der Waals surface area contributed by atoms with Gasteiger partial charge >= 0.3 is 0 Å². The summed E-state index contributed by atoms with van der Waals surface area (Å²) >= 11 is 5.80. The standard InChI is InChI=1S/C15H13ClN2O4/c16-13-8-11(6-7-14(13)18(20)21)9-22-10-15(19)17-12-4-2-1-3-5-12/h1-8H,9-10H2,(H,17,19). The SMILES string of the molecule is O=C(COCc1ccc([N+](=O)[O-])c(Cl)c1)Nc1ccccc1. The Hall–Kier alpha value is -2.44. The predicted molar refractivity (Wildman–Crippen MR) is 82.8 cm³/mol. The number of carbonyl (C=O) groups is 1. The molecule has 0 heterocycles. The van der Waals surface area contributed by atoms with Crippen LogP contribution in [0.15, 0.2) is 48.5 Å². The average Bonchev–Trinajstić information content (AvgIpc) is 2.48. The Balaban J connectivity index is 1.82. The lowest BCUT2D eigenvalue weighted by molar-refractivity contribution is -0.384. The minimum Gasteiger partial charge on any atom is -0.367 e. The molecule has 2 rings (SSSR count). The Morgan fingerprint density at radius 3 is 2.59 bits per heavy atom. The van der Waals surface area contributed by atoms with Crippen molar-refractivity contribution in [3.63, 3.8) is 0 Å². The number of anilines is 1. The number of nitrogens with zero attached hydrogens (tertiary/aromatic N) is 1. The summed E-state index contributed by atoms with van der Waals surface area (Å²) in [4.78, 5) is 21.8. The number of nitro groups is 1. The van der Waals surface area contributed by atoms with Gasteiger partial charge in [-0.05, 0) is 29.8 Å². The Labute approximate surface area is 131 Å². The molecule has 114 valence electrons. The molecule has 1 amide bonds. The molecule has 22 heavy (non-hydrogen) atoms. The molecule has 0 aliphatic carbocycles. The highest BCUT2D eigenvalue weighted by Crippen LogP contribution is 2.25. The summed E-state index contributed by atoms with van der Waals surface area (Å²) in [5, 5.41) is 13.4. The Morgan fingerprint density at radius 2 is 1.95 bits per heavy atom. The molecule has 2 aromatic rings. The highest BCUT2D eigenvalue weighted by molar-refractivity contribution is 6.32. The summed E-state index contributed by atoms with van der Waals surface area (Å²) in [5.41, 5.74) is 1.19. The molecule has 0 fully saturated rings. The number of hydrogen-bond acceptors (Lipinski definition) is 4. The van der Waals surface area contributed by atoms with Gasteiger partial charge in [-0.25, -0.2) is 0 Å². The zero-order chi connectivity index (χ0) is 15.9. The van der Waals surface area contributed by atoms with Crippen LogP contribution in [0.3, 0.4) is 0 Å². The van der Waals surface area contributed by atoms with Crippen molar-refractivity contribution in [1.29, 1.82) is 0 Å². The normalized spacial score (nSPS) is 10.2. The molecular formula is C15H13ClN2O4. The summed E-state index contributed by atoms with van der Waals surface area (Å²) in [6.45, 7) is 0.0173. The van der Waals surface area contributed by atoms with Gasteiger partial charge in [0.2, 0.25) is 5.91 Å². The number of nitro benzene ring substituents is 1. The Bertz CT molecular complexity index is 676. The van der Waals surface area contributed by atoms with E-state index in [0.29, 0.717) is 11.3 Å². The van der Waals surface area contributed by atoms with E-state index >= 15 is 0 Å². The van der Waals surface area contributed by atoms with E-state index in [0.717, 1.165) is 0 Å². The van der Waals surface area contributed by atoms with Crippen LogP contribution in [0.1, 0.15) is 5.56 Å². The molecule has 0 saturated carbocycles. The van der Waals surface area contributed by atoms with Crippen molar-refractivity contribution in [3.05, 3.63) is 69.2 Å². The van der Waals surface area contributed by atoms with Crippen LogP contribution in [0, 0.1) is 10.1 Å². The van der Waals surface area contributed by atoms with Crippen LogP contribution in [0.2, 0.25) is 5.02 Å². The highest BCUT2D eigenvalue weighted by Gasteiger charge is 2.12. The first-order valence-corrected chi connectivity index (χ1v) is 6.79. The van der Waals surface area contributed by atoms with Crippen LogP contribution in [0.5, 0.6) is 0 Å². The largest absolute Gasteiger partial charge is 0.367 e. The molecule has 6 nitrogen and oxygen atoms in total. The number of ether oxygens (including phenoxy) is 1. The van der Waals surface area contributed by atoms with Gasteiger partial charge in [0, 0.05) is 11.8 Å². The second kappa shape index (κ2) is 7.53. The maximum Gasteiger partial charge on any atom is 0.287 e. The molecule has 0 aromatic heterocycles. The number of rotatable bonds is 6. The van der Waals surface area contributed by atoms with Gasteiger partial charge in [-0.1, -0.05) is 29.8 Å². The van der Waals surface area contributed by atoms with Crippen LogP contribution in [0.4, 0.5) is 11.4 Å². The van der Waals surface area contributed by atoms with Gasteiger partial charge in [-0.2, -0.15) is 0 Å². The minimum absolute atomic E-state index is 0.0415. The smallest absolute Gasteiger partial charge is 0.287 e. The van der Waals surface area contributed by atoms with Gasteiger partial charge in [-0.15, -0.1) is 0 Å². The molecule has 7 heteroatoms. The van der Waals surface area contributed by atoms with Crippen molar-refractivity contribution in [3.8, 4) is 0 Å². The number of nitrogens with one attached hydrogen (secondary N) is 1. The summed E-state index contributed by atoms with van der Waals surface area (Å²) in [6, 6.07) is 13.3. The lowest BCUT2D eigenvalue weighted by Crippen LogP contribution is -2.18. The Kier molecular flexibility index (Phi) is 5.46. The second-order valence-electron chi connectivity index (χ2n) is 4.45. The van der Waals surface area contributed by atoms with E-state index < -0.39 is 4.92 Å². The molecule has 0 unspecified atom stereocenters. The average molecular weight is 321 g/mol. The Morgan fingerprint density at radius 1 is 1.23 bits per heavy atom. The third kappa shape index (κ3) is 4.54. The third-order valence-electron chi connectivity index (χ3n) is 2.77. The summed E-state index contributed by atoms with van der Waals surface area (Å²) in [6.07, 6.45) is 0. The number of benzene rings is 2. The van der Waals surface area contributed by atoms with E-state index in [9.17, 15) is 14.9 Å². The zero-order valence-corrected chi connectivity index (χ0v) is 12.2. The van der Waals surface area contributed by atoms with Crippen molar-refractivity contribution in [2.75, 3.05) is 11.9 Å². The minimum atomic E-state index is -0.555. The van der Waals surface area contributed by atoms with E-state index in [-0.39, 0.29) is 29.8 Å². The molecule has 0 bridgehead atoms. The van der Waals surface area contributed by atoms with Crippen molar-refractivity contribution in [2.24, 2.45) is 0 Å². The van der Waals surface area contributed by atoms with Crippen LogP contribution >= 0.6 is 11.6 Å². The molecule has 0 spiro atoms. The van der Waals surface area contributed by atoms with E-state index in [1.54, 1.807) is 18.2 Å². The number of amides is 1. The van der Waals surface area contributed by atoms with Gasteiger partial charge < -0.3 is 10.1 Å². The van der Waals surface area contributed by atoms with E-state index in [4.69, 9.17) is 16.3 Å². The summed E-state index contributed by atoms with van der Waals surface area (Å²) < 4.78 is 5.27. The van der Waals surface area contributed by atoms with Gasteiger partial charge in [0.15, 0.2) is 0 Å². The van der Waals surface area contributed by atoms with Gasteiger partial charge in [0.1, 0.15) is 11.6 Å². The second-order valence-corrected chi connectivity index (χ2v) is 4.86. The fraction of sp³-hybridized carbons (Fsp3) is 0.133. The quantitative estimate of drug-likeness (QED) is 0.653. The fourth-order valence-electron chi connectivity index (χ4n) is 1.77. The lowest BCUT2D eigenvalue weighted by Gasteiger charge is -2.06. The van der Waals surface area contributed by atoms with Crippen molar-refractivity contribution in [2.45, 2.75) is 6.61 Å². The molecule has 0 atom stereocenters. The maximum absolute atomic E-state index is 11.7. The molecule has 1 N–H and O–H groups in total. The van der Waals surface area contributed by atoms with Gasteiger partial charge in [0.25, 0.3) is 5.69 Å². The molecule has 2 aromatic carbocycles. The first-order valence-electron chi connectivity index (χ1n) is 6.42. The monoisotopic (exact) mass is 320 g/mol. The van der Waals surface area contributed by atoms with Crippen molar-refractivity contribution in [1.82, 2.24) is 0 Å². The van der Waals surface area contributed by atoms with Crippen LogP contribution < -0.4 is 5.32 Å². The van der Waals surface area contributed by atoms with E-state index in [2.05, 4.69) is 5.32 Å². The highest BCUT2D eigenvalue weighted by atomic mass is 35.5. The van der Waals surface area contributed by atoms with E-state index in [1.165, 1.54) is 12.1 Å². The molecule has 0 radical (unpaired) electrons. The maximum atomic E-state index is 11.7. The topological polar surface area (TPSA) is 81.5 Å². The molecule has 0 aliphatic heterocycles. The van der Waals surface area contributed by atoms with Crippen LogP contribution in [-0.4, -0.2) is 17.4 Å². The first kappa shape index (κ1) is 15.9. The molecule has 0 aliphatic rings. The van der Waals surface area contributed by atoms with E-state index in [1.807, 2.05) is 18.2 Å². The van der Waals surface area contributed by atoms with Gasteiger partial charge in [0.05, 0.1) is 11.5 Å². The predicted octanol–water partition coefficient (Wildman–Crippen LogP) is 3.40. The number of carbonyl (C=O) groups excluding carboxylic acids is 1. The molecular weight excluding hydrogens is 308 g/mol. The number of halogens is 1. The molecule has 0 saturated heterocycles. The van der Waals surface area contributed by atoms with Crippen LogP contribution in [0.25, 0.3) is 0 Å². The summed E-state index contributed by atoms with van der Waals surface area (Å²) in [7, 11) is 0. The lowest BCUT2D eigenvalue weighted by atomic mass is 10.2. The van der Waals surface area contributed by atoms with Gasteiger partial charge in [-0.3, -0.25) is 14.9 Å². The number of para-hydroxylation sites is 1. The van der Waals surface area contributed by atoms with Crippen molar-refractivity contribution >= 4 is 28.9 Å². The third-order valence-corrected chi connectivity index (χ3v) is 3.07. The van der Waals surface area contributed by atoms with Crippen LogP contribution in [-0.2, 0) is 16.1 Å². The van der Waals surface area contributed by atoms with Crippen molar-refractivity contribution < 1.29 is 14.5 Å². The zero-order valence-electron chi connectivity index (χ0n) is 11.5.